The van der Waals surface area contributed by atoms with Gasteiger partial charge in [0.15, 0.2) is 0 Å². The third-order valence-corrected chi connectivity index (χ3v) is 4.07. The van der Waals surface area contributed by atoms with Crippen LogP contribution >= 0.6 is 0 Å². The van der Waals surface area contributed by atoms with Gasteiger partial charge in [0.25, 0.3) is 0 Å². The average molecular weight is 241 g/mol. The fourth-order valence-corrected chi connectivity index (χ4v) is 3.14. The monoisotopic (exact) mass is 241 g/mol. The molecule has 1 fully saturated rings. The fraction of sp³-hybridized carbons (Fsp3) is 0.375. The molecule has 0 unspecified atom stereocenters. The minimum atomic E-state index is 0.626. The molecule has 2 aromatic rings. The van der Waals surface area contributed by atoms with Crippen molar-refractivity contribution in [1.82, 2.24) is 0 Å². The number of fused-ring (bicyclic) bond motifs is 1. The molecule has 2 aromatic carbocycles. The summed E-state index contributed by atoms with van der Waals surface area (Å²) >= 11 is 0. The highest BCUT2D eigenvalue weighted by molar-refractivity contribution is 5.91. The molecule has 2 N–H and O–H groups in total. The highest BCUT2D eigenvalue weighted by atomic mass is 16.5. The standard InChI is InChI=1S/C16H19NO/c1-18-13-8-6-11-7-9-15(17)16(14(11)10-13)12-4-2-3-5-12/h6-10,12H,2-5,17H2,1H3. The maximum atomic E-state index is 6.22. The van der Waals surface area contributed by atoms with E-state index in [0.29, 0.717) is 5.92 Å². The van der Waals surface area contributed by atoms with Gasteiger partial charge in [-0.05, 0) is 53.3 Å². The summed E-state index contributed by atoms with van der Waals surface area (Å²) in [6.45, 7) is 0. The van der Waals surface area contributed by atoms with E-state index in [4.69, 9.17) is 10.5 Å². The van der Waals surface area contributed by atoms with Gasteiger partial charge in [-0.25, -0.2) is 0 Å². The highest BCUT2D eigenvalue weighted by Gasteiger charge is 2.21. The van der Waals surface area contributed by atoms with Crippen molar-refractivity contribution in [3.63, 3.8) is 0 Å². The Bertz CT molecular complexity index is 571. The zero-order valence-corrected chi connectivity index (χ0v) is 10.8. The van der Waals surface area contributed by atoms with Crippen molar-refractivity contribution in [3.05, 3.63) is 35.9 Å². The van der Waals surface area contributed by atoms with Crippen molar-refractivity contribution >= 4 is 16.5 Å². The predicted octanol–water partition coefficient (Wildman–Crippen LogP) is 4.09. The number of anilines is 1. The zero-order chi connectivity index (χ0) is 12.5. The molecule has 1 aliphatic carbocycles. The lowest BCUT2D eigenvalue weighted by Gasteiger charge is -2.16. The third kappa shape index (κ3) is 1.82. The van der Waals surface area contributed by atoms with Gasteiger partial charge in [-0.15, -0.1) is 0 Å². The van der Waals surface area contributed by atoms with Crippen LogP contribution in [0.1, 0.15) is 37.2 Å². The summed E-state index contributed by atoms with van der Waals surface area (Å²) in [6, 6.07) is 10.4. The molecule has 1 saturated carbocycles. The lowest BCUT2D eigenvalue weighted by molar-refractivity contribution is 0.415. The lowest BCUT2D eigenvalue weighted by atomic mass is 9.90. The van der Waals surface area contributed by atoms with Crippen LogP contribution in [0, 0.1) is 0 Å². The van der Waals surface area contributed by atoms with E-state index in [1.165, 1.54) is 42.0 Å². The number of nitrogen functional groups attached to an aromatic ring is 1. The Morgan fingerprint density at radius 2 is 1.83 bits per heavy atom. The molecule has 1 aliphatic rings. The molecule has 0 spiro atoms. The van der Waals surface area contributed by atoms with E-state index in [2.05, 4.69) is 18.2 Å². The first-order valence-electron chi connectivity index (χ1n) is 6.65. The molecule has 0 radical (unpaired) electrons. The highest BCUT2D eigenvalue weighted by Crippen LogP contribution is 2.41. The predicted molar refractivity (Wildman–Crippen MR) is 76.1 cm³/mol. The van der Waals surface area contributed by atoms with Crippen LogP contribution in [0.2, 0.25) is 0 Å². The van der Waals surface area contributed by atoms with Crippen molar-refractivity contribution < 1.29 is 4.74 Å². The number of methoxy groups -OCH3 is 1. The average Bonchev–Trinajstić information content (AvgIpc) is 2.91. The van der Waals surface area contributed by atoms with E-state index in [9.17, 15) is 0 Å². The van der Waals surface area contributed by atoms with Gasteiger partial charge in [-0.3, -0.25) is 0 Å². The largest absolute Gasteiger partial charge is 0.497 e. The van der Waals surface area contributed by atoms with Crippen LogP contribution in [-0.2, 0) is 0 Å². The van der Waals surface area contributed by atoms with E-state index in [1.807, 2.05) is 12.1 Å². The van der Waals surface area contributed by atoms with E-state index in [1.54, 1.807) is 7.11 Å². The van der Waals surface area contributed by atoms with Crippen molar-refractivity contribution in [3.8, 4) is 5.75 Å². The van der Waals surface area contributed by atoms with Crippen molar-refractivity contribution in [2.75, 3.05) is 12.8 Å². The minimum absolute atomic E-state index is 0.626. The second kappa shape index (κ2) is 4.52. The van der Waals surface area contributed by atoms with Gasteiger partial charge in [0.05, 0.1) is 7.11 Å². The van der Waals surface area contributed by atoms with Gasteiger partial charge in [-0.2, -0.15) is 0 Å². The van der Waals surface area contributed by atoms with E-state index < -0.39 is 0 Å². The second-order valence-electron chi connectivity index (χ2n) is 5.14. The number of rotatable bonds is 2. The quantitative estimate of drug-likeness (QED) is 0.804. The molecular formula is C16H19NO. The third-order valence-electron chi connectivity index (χ3n) is 4.07. The Morgan fingerprint density at radius 3 is 2.56 bits per heavy atom. The van der Waals surface area contributed by atoms with Gasteiger partial charge in [-0.1, -0.05) is 25.0 Å². The first-order valence-corrected chi connectivity index (χ1v) is 6.65. The summed E-state index contributed by atoms with van der Waals surface area (Å²) in [7, 11) is 1.71. The molecule has 0 atom stereocenters. The molecule has 2 nitrogen and oxygen atoms in total. The molecule has 3 rings (SSSR count). The maximum absolute atomic E-state index is 6.22. The Balaban J connectivity index is 2.22. The van der Waals surface area contributed by atoms with Gasteiger partial charge in [0.2, 0.25) is 0 Å². The van der Waals surface area contributed by atoms with Gasteiger partial charge in [0.1, 0.15) is 5.75 Å². The van der Waals surface area contributed by atoms with Crippen LogP contribution in [0.25, 0.3) is 10.8 Å². The first-order chi connectivity index (χ1) is 8.79. The summed E-state index contributed by atoms with van der Waals surface area (Å²) in [5.74, 6) is 1.54. The first kappa shape index (κ1) is 11.4. The Labute approximate surface area is 108 Å². The molecule has 0 aromatic heterocycles. The Morgan fingerprint density at radius 1 is 1.11 bits per heavy atom. The summed E-state index contributed by atoms with van der Waals surface area (Å²) in [5.41, 5.74) is 8.49. The lowest BCUT2D eigenvalue weighted by Crippen LogP contribution is -2.00. The fourth-order valence-electron chi connectivity index (χ4n) is 3.14. The topological polar surface area (TPSA) is 35.2 Å². The number of hydrogen-bond acceptors (Lipinski definition) is 2. The number of benzene rings is 2. The molecule has 0 aliphatic heterocycles. The smallest absolute Gasteiger partial charge is 0.119 e. The van der Waals surface area contributed by atoms with E-state index >= 15 is 0 Å². The molecule has 2 heteroatoms. The molecule has 0 bridgehead atoms. The molecule has 0 amide bonds. The van der Waals surface area contributed by atoms with Crippen LogP contribution in [-0.4, -0.2) is 7.11 Å². The Kier molecular flexibility index (Phi) is 2.86. The van der Waals surface area contributed by atoms with Crippen LogP contribution in [0.5, 0.6) is 5.75 Å². The van der Waals surface area contributed by atoms with Crippen LogP contribution in [0.15, 0.2) is 30.3 Å². The second-order valence-corrected chi connectivity index (χ2v) is 5.14. The van der Waals surface area contributed by atoms with Crippen LogP contribution < -0.4 is 10.5 Å². The van der Waals surface area contributed by atoms with Crippen molar-refractivity contribution in [1.29, 1.82) is 0 Å². The van der Waals surface area contributed by atoms with Gasteiger partial charge in [0, 0.05) is 5.69 Å². The van der Waals surface area contributed by atoms with E-state index in [0.717, 1.165) is 11.4 Å². The normalized spacial score (nSPS) is 16.3. The van der Waals surface area contributed by atoms with Crippen LogP contribution in [0.3, 0.4) is 0 Å². The van der Waals surface area contributed by atoms with Gasteiger partial charge >= 0.3 is 0 Å². The number of nitrogens with two attached hydrogens (primary N) is 1. The summed E-state index contributed by atoms with van der Waals surface area (Å²) in [4.78, 5) is 0. The van der Waals surface area contributed by atoms with Crippen molar-refractivity contribution in [2.24, 2.45) is 0 Å². The SMILES string of the molecule is COc1ccc2ccc(N)c(C3CCCC3)c2c1. The Hall–Kier alpha value is -1.70. The molecular weight excluding hydrogens is 222 g/mol. The summed E-state index contributed by atoms with van der Waals surface area (Å²) in [5, 5.41) is 2.52. The number of ether oxygens (including phenoxy) is 1. The maximum Gasteiger partial charge on any atom is 0.119 e. The van der Waals surface area contributed by atoms with Crippen LogP contribution in [0.4, 0.5) is 5.69 Å². The summed E-state index contributed by atoms with van der Waals surface area (Å²) < 4.78 is 5.34. The molecule has 94 valence electrons. The summed E-state index contributed by atoms with van der Waals surface area (Å²) in [6.07, 6.45) is 5.18. The van der Waals surface area contributed by atoms with E-state index in [-0.39, 0.29) is 0 Å². The van der Waals surface area contributed by atoms with Crippen molar-refractivity contribution in [2.45, 2.75) is 31.6 Å². The molecule has 0 saturated heterocycles. The minimum Gasteiger partial charge on any atom is -0.497 e. The zero-order valence-electron chi connectivity index (χ0n) is 10.8. The number of hydrogen-bond donors (Lipinski definition) is 1. The van der Waals surface area contributed by atoms with Gasteiger partial charge < -0.3 is 10.5 Å². The molecule has 18 heavy (non-hydrogen) atoms. The molecule has 0 heterocycles.